The van der Waals surface area contributed by atoms with Crippen molar-refractivity contribution in [2.24, 2.45) is 5.73 Å². The predicted molar refractivity (Wildman–Crippen MR) is 215 cm³/mol. The minimum absolute atomic E-state index is 0.0575. The van der Waals surface area contributed by atoms with Crippen molar-refractivity contribution in [3.05, 3.63) is 103 Å². The number of nitrogens with two attached hydrogens (primary N) is 1. The number of aryl methyl sites for hydroxylation is 1. The third-order valence-electron chi connectivity index (χ3n) is 8.09. The summed E-state index contributed by atoms with van der Waals surface area (Å²) in [5.74, 6) is -1.40. The highest BCUT2D eigenvalue weighted by Gasteiger charge is 2.44. The van der Waals surface area contributed by atoms with E-state index in [0.717, 1.165) is 17.2 Å². The first-order chi connectivity index (χ1) is 27.0. The molecule has 0 radical (unpaired) electrons. The van der Waals surface area contributed by atoms with Gasteiger partial charge in [-0.15, -0.1) is 0 Å². The van der Waals surface area contributed by atoms with Crippen molar-refractivity contribution in [2.75, 3.05) is 5.75 Å². The van der Waals surface area contributed by atoms with Crippen LogP contribution in [-0.4, -0.2) is 85.1 Å². The summed E-state index contributed by atoms with van der Waals surface area (Å²) in [4.78, 5) is 58.5. The standard InChI is InChI=1S/C22H30N4O7S.2C8H6O2S/c23-14(21(29)30)8-9-19(27)24-16(13-34)20(28)25-15(22(31)32)5-1-2-10-26-11-3-6-17(26)18-7-4-12-33-18;1-2-5(9-3-1)7-4-6-8(10-6)11-7;9-5-1-4-8(11)7-3-2-6-10-7/h3-4,6-7,11-12,14-16,34H,1-2,5,8-10,13,23H2,(H,24,27)(H,25,28)(H,29,30)(H,31,32);1-4,6,8H;1-6H/b;;4-1-. The smallest absolute Gasteiger partial charge is 0.326 e. The average molecular weight is 827 g/mol. The Hall–Kier alpha value is -5.14. The molecule has 2 amide bonds. The maximum absolute atomic E-state index is 12.5. The normalized spacial score (nSPS) is 16.8. The number of aliphatic carboxylic acids is 2. The SMILES string of the molecule is C1=C(c2ccco2)SC2OC12.NC(CCC(=O)NC(CS)C(=O)NC(CCCCn1cccc1-c1ccco1)C(=O)O)C(=O)O.O=C/C=C\C(=S)c1ccco1. The molecule has 56 heavy (non-hydrogen) atoms. The topological polar surface area (TPSA) is 233 Å². The Labute approximate surface area is 337 Å². The van der Waals surface area contributed by atoms with Gasteiger partial charge in [0, 0.05) is 24.9 Å². The van der Waals surface area contributed by atoms with E-state index in [1.807, 2.05) is 41.1 Å². The molecule has 5 atom stereocenters. The van der Waals surface area contributed by atoms with E-state index in [0.29, 0.717) is 47.8 Å². The number of thioether (sulfide) groups is 1. The van der Waals surface area contributed by atoms with Gasteiger partial charge in [0.1, 0.15) is 53.2 Å². The summed E-state index contributed by atoms with van der Waals surface area (Å²) < 4.78 is 22.9. The molecule has 15 nitrogen and oxygen atoms in total. The van der Waals surface area contributed by atoms with Crippen LogP contribution in [0.1, 0.15) is 43.6 Å². The van der Waals surface area contributed by atoms with E-state index >= 15 is 0 Å². The third-order valence-corrected chi connectivity index (χ3v) is 9.99. The molecule has 18 heteroatoms. The van der Waals surface area contributed by atoms with Crippen molar-refractivity contribution in [2.45, 2.75) is 68.3 Å². The van der Waals surface area contributed by atoms with Crippen molar-refractivity contribution < 1.29 is 52.2 Å². The van der Waals surface area contributed by atoms with Gasteiger partial charge in [0.05, 0.1) is 34.3 Å². The summed E-state index contributed by atoms with van der Waals surface area (Å²) in [6.07, 6.45) is 13.9. The number of nitrogens with one attached hydrogen (secondary N) is 2. The van der Waals surface area contributed by atoms with Gasteiger partial charge >= 0.3 is 11.9 Å². The molecule has 6 N–H and O–H groups in total. The summed E-state index contributed by atoms with van der Waals surface area (Å²) in [6.45, 7) is 0.650. The number of amides is 2. The van der Waals surface area contributed by atoms with Gasteiger partial charge in [0.25, 0.3) is 0 Å². The summed E-state index contributed by atoms with van der Waals surface area (Å²) in [7, 11) is 0. The van der Waals surface area contributed by atoms with Crippen LogP contribution < -0.4 is 16.4 Å². The van der Waals surface area contributed by atoms with Crippen molar-refractivity contribution in [3.8, 4) is 11.5 Å². The van der Waals surface area contributed by atoms with Gasteiger partial charge < -0.3 is 49.1 Å². The third kappa shape index (κ3) is 13.9. The number of aldehydes is 1. The lowest BCUT2D eigenvalue weighted by molar-refractivity contribution is -0.142. The lowest BCUT2D eigenvalue weighted by atomic mass is 10.1. The number of hydrogen-bond acceptors (Lipinski definition) is 13. The van der Waals surface area contributed by atoms with Crippen molar-refractivity contribution >= 4 is 76.4 Å². The Kier molecular flexibility index (Phi) is 17.5. The molecule has 4 aromatic heterocycles. The van der Waals surface area contributed by atoms with Crippen LogP contribution in [-0.2, 0) is 35.3 Å². The number of carbonyl (C=O) groups is 5. The monoisotopic (exact) mass is 826 g/mol. The first-order valence-corrected chi connectivity index (χ1v) is 19.3. The molecule has 1 saturated heterocycles. The maximum atomic E-state index is 12.5. The molecule has 2 aliphatic rings. The van der Waals surface area contributed by atoms with E-state index < -0.39 is 41.9 Å². The van der Waals surface area contributed by atoms with E-state index in [9.17, 15) is 29.1 Å². The second-order valence-corrected chi connectivity index (χ2v) is 14.1. The Bertz CT molecular complexity index is 1940. The van der Waals surface area contributed by atoms with Gasteiger partial charge in [-0.2, -0.15) is 12.6 Å². The van der Waals surface area contributed by atoms with E-state index in [-0.39, 0.29) is 25.0 Å². The number of thiol groups is 1. The minimum atomic E-state index is -1.23. The Morgan fingerprint density at radius 2 is 1.64 bits per heavy atom. The molecular formula is C38H42N4O11S3. The first-order valence-electron chi connectivity index (χ1n) is 17.4. The van der Waals surface area contributed by atoms with Gasteiger partial charge in [0.15, 0.2) is 0 Å². The summed E-state index contributed by atoms with van der Waals surface area (Å²) in [5, 5.41) is 23.1. The van der Waals surface area contributed by atoms with Crippen LogP contribution in [0.15, 0.2) is 105 Å². The number of aromatic nitrogens is 1. The van der Waals surface area contributed by atoms with E-state index in [2.05, 4.69) is 29.3 Å². The lowest BCUT2D eigenvalue weighted by Gasteiger charge is -2.20. The van der Waals surface area contributed by atoms with Gasteiger partial charge in [-0.3, -0.25) is 19.2 Å². The van der Waals surface area contributed by atoms with Crippen LogP contribution in [0, 0.1) is 0 Å². The largest absolute Gasteiger partial charge is 0.480 e. The van der Waals surface area contributed by atoms with Crippen LogP contribution in [0.3, 0.4) is 0 Å². The average Bonchev–Trinajstić information content (AvgIpc) is 3.94. The zero-order valence-corrected chi connectivity index (χ0v) is 32.5. The number of furan rings is 3. The molecule has 0 saturated carbocycles. The van der Waals surface area contributed by atoms with Crippen LogP contribution in [0.5, 0.6) is 0 Å². The number of hydrogen-bond donors (Lipinski definition) is 6. The summed E-state index contributed by atoms with van der Waals surface area (Å²) >= 11 is 10.7. The fraction of sp³-hybridized carbons (Fsp3) is 0.316. The molecule has 2 aliphatic heterocycles. The number of nitrogens with zero attached hydrogens (tertiary/aromatic N) is 1. The number of fused-ring (bicyclic) bond motifs is 1. The minimum Gasteiger partial charge on any atom is -0.480 e. The van der Waals surface area contributed by atoms with E-state index in [1.165, 1.54) is 23.3 Å². The number of carboxylic acid groups (broad SMARTS) is 2. The van der Waals surface area contributed by atoms with Gasteiger partial charge in [0.2, 0.25) is 11.8 Å². The maximum Gasteiger partial charge on any atom is 0.326 e. The molecule has 0 spiro atoms. The molecular weight excluding hydrogens is 785 g/mol. The number of allylic oxidation sites excluding steroid dienone is 2. The summed E-state index contributed by atoms with van der Waals surface area (Å²) in [6, 6.07) is 11.5. The van der Waals surface area contributed by atoms with Crippen LogP contribution in [0.2, 0.25) is 0 Å². The van der Waals surface area contributed by atoms with E-state index in [1.54, 1.807) is 42.5 Å². The molecule has 0 aromatic carbocycles. The molecule has 4 aromatic rings. The first kappa shape index (κ1) is 43.6. The number of unbranched alkanes of at least 4 members (excludes halogenated alkanes) is 1. The Morgan fingerprint density at radius 1 is 0.929 bits per heavy atom. The molecule has 6 rings (SSSR count). The predicted octanol–water partition coefficient (Wildman–Crippen LogP) is 4.94. The van der Waals surface area contributed by atoms with Gasteiger partial charge in [-0.25, -0.2) is 4.79 Å². The number of carboxylic acids is 2. The molecule has 0 aliphatic carbocycles. The number of rotatable bonds is 19. The number of ether oxygens (including phenoxy) is 1. The zero-order valence-electron chi connectivity index (χ0n) is 29.9. The Balaban J connectivity index is 0.000000251. The highest BCUT2D eigenvalue weighted by molar-refractivity contribution is 8.09. The quantitative estimate of drug-likeness (QED) is 0.0140. The highest BCUT2D eigenvalue weighted by atomic mass is 32.2. The zero-order chi connectivity index (χ0) is 40.5. The Morgan fingerprint density at radius 3 is 2.23 bits per heavy atom. The fourth-order valence-electron chi connectivity index (χ4n) is 5.11. The number of carbonyl (C=O) groups excluding carboxylic acids is 3. The number of epoxide rings is 1. The van der Waals surface area contributed by atoms with Gasteiger partial charge in [-0.1, -0.05) is 24.0 Å². The van der Waals surface area contributed by atoms with E-state index in [4.69, 9.17) is 41.0 Å². The lowest BCUT2D eigenvalue weighted by Crippen LogP contribution is -2.52. The second-order valence-electron chi connectivity index (χ2n) is 12.2. The van der Waals surface area contributed by atoms with Crippen LogP contribution in [0.25, 0.3) is 16.4 Å². The molecule has 298 valence electrons. The fourth-order valence-corrected chi connectivity index (χ4v) is 6.65. The van der Waals surface area contributed by atoms with Crippen LogP contribution in [0.4, 0.5) is 0 Å². The van der Waals surface area contributed by atoms with Crippen molar-refractivity contribution in [1.82, 2.24) is 15.2 Å². The van der Waals surface area contributed by atoms with Crippen LogP contribution >= 0.6 is 36.6 Å². The molecule has 5 unspecified atom stereocenters. The summed E-state index contributed by atoms with van der Waals surface area (Å²) in [5.41, 5.74) is 6.67. The highest BCUT2D eigenvalue weighted by Crippen LogP contribution is 2.49. The number of thiocarbonyl (C=S) groups is 1. The molecule has 1 fully saturated rings. The molecule has 6 heterocycles. The van der Waals surface area contributed by atoms with Crippen molar-refractivity contribution in [3.63, 3.8) is 0 Å². The second kappa shape index (κ2) is 22.4. The van der Waals surface area contributed by atoms with Gasteiger partial charge in [-0.05, 0) is 92.4 Å². The molecule has 0 bridgehead atoms. The van der Waals surface area contributed by atoms with Crippen molar-refractivity contribution in [1.29, 1.82) is 0 Å².